The zero-order valence-corrected chi connectivity index (χ0v) is 11.7. The van der Waals surface area contributed by atoms with E-state index < -0.39 is 0 Å². The molecule has 1 aliphatic heterocycles. The van der Waals surface area contributed by atoms with Gasteiger partial charge >= 0.3 is 0 Å². The van der Waals surface area contributed by atoms with Gasteiger partial charge in [0.05, 0.1) is 0 Å². The number of nitrogens with zero attached hydrogens (tertiary/aromatic N) is 1. The summed E-state index contributed by atoms with van der Waals surface area (Å²) in [5.74, 6) is 0. The molecule has 0 saturated carbocycles. The van der Waals surface area contributed by atoms with Gasteiger partial charge in [0.25, 0.3) is 0 Å². The van der Waals surface area contributed by atoms with Crippen molar-refractivity contribution in [3.8, 4) is 0 Å². The van der Waals surface area contributed by atoms with Crippen LogP contribution in [0.4, 0.5) is 0 Å². The summed E-state index contributed by atoms with van der Waals surface area (Å²) >= 11 is 0. The fourth-order valence-corrected chi connectivity index (χ4v) is 2.51. The largest absolute Gasteiger partial charge is 0.313 e. The first kappa shape index (κ1) is 14.0. The predicted octanol–water partition coefficient (Wildman–Crippen LogP) is 2.89. The Bertz CT molecular complexity index is 178. The van der Waals surface area contributed by atoms with Gasteiger partial charge in [0.15, 0.2) is 0 Å². The molecule has 1 saturated heterocycles. The maximum Gasteiger partial charge on any atom is 0.0195 e. The SMILES string of the molecule is CCCCN(CC1CCCN1)CC(C)(C)C. The molecule has 1 rings (SSSR count). The van der Waals surface area contributed by atoms with Crippen LogP contribution in [0.25, 0.3) is 0 Å². The summed E-state index contributed by atoms with van der Waals surface area (Å²) in [4.78, 5) is 2.66. The molecule has 1 aliphatic rings. The molecule has 0 bridgehead atoms. The van der Waals surface area contributed by atoms with Crippen LogP contribution in [0.1, 0.15) is 53.4 Å². The van der Waals surface area contributed by atoms with Gasteiger partial charge in [-0.05, 0) is 37.8 Å². The molecule has 1 heterocycles. The van der Waals surface area contributed by atoms with Crippen molar-refractivity contribution in [1.29, 1.82) is 0 Å². The minimum absolute atomic E-state index is 0.423. The number of nitrogens with one attached hydrogen (secondary N) is 1. The smallest absolute Gasteiger partial charge is 0.0195 e. The van der Waals surface area contributed by atoms with Crippen molar-refractivity contribution in [3.05, 3.63) is 0 Å². The highest BCUT2D eigenvalue weighted by atomic mass is 15.2. The molecule has 0 aromatic rings. The molecule has 1 N–H and O–H groups in total. The molecular formula is C14H30N2. The summed E-state index contributed by atoms with van der Waals surface area (Å²) < 4.78 is 0. The van der Waals surface area contributed by atoms with Crippen LogP contribution in [-0.2, 0) is 0 Å². The van der Waals surface area contributed by atoms with Crippen molar-refractivity contribution >= 4 is 0 Å². The van der Waals surface area contributed by atoms with Crippen LogP contribution < -0.4 is 5.32 Å². The molecule has 2 heteroatoms. The Balaban J connectivity index is 2.35. The molecule has 0 spiro atoms. The highest BCUT2D eigenvalue weighted by Gasteiger charge is 2.21. The Kier molecular flexibility index (Phi) is 5.77. The topological polar surface area (TPSA) is 15.3 Å². The Hall–Kier alpha value is -0.0800. The molecule has 1 fully saturated rings. The van der Waals surface area contributed by atoms with Crippen molar-refractivity contribution in [3.63, 3.8) is 0 Å². The fraction of sp³-hybridized carbons (Fsp3) is 1.00. The third-order valence-corrected chi connectivity index (χ3v) is 3.17. The zero-order chi connectivity index (χ0) is 12.0. The van der Waals surface area contributed by atoms with E-state index >= 15 is 0 Å². The van der Waals surface area contributed by atoms with Gasteiger partial charge in [-0.15, -0.1) is 0 Å². The van der Waals surface area contributed by atoms with Gasteiger partial charge in [-0.25, -0.2) is 0 Å². The zero-order valence-electron chi connectivity index (χ0n) is 11.7. The molecule has 16 heavy (non-hydrogen) atoms. The van der Waals surface area contributed by atoms with Crippen molar-refractivity contribution < 1.29 is 0 Å². The van der Waals surface area contributed by atoms with Crippen molar-refractivity contribution in [2.75, 3.05) is 26.2 Å². The van der Waals surface area contributed by atoms with E-state index in [2.05, 4.69) is 37.9 Å². The van der Waals surface area contributed by atoms with E-state index in [0.717, 1.165) is 6.04 Å². The molecule has 0 amide bonds. The third-order valence-electron chi connectivity index (χ3n) is 3.17. The number of hydrogen-bond acceptors (Lipinski definition) is 2. The summed E-state index contributed by atoms with van der Waals surface area (Å²) in [6.45, 7) is 14.3. The molecule has 0 aromatic carbocycles. The normalized spacial score (nSPS) is 21.9. The van der Waals surface area contributed by atoms with E-state index in [0.29, 0.717) is 5.41 Å². The van der Waals surface area contributed by atoms with Crippen molar-refractivity contribution in [2.24, 2.45) is 5.41 Å². The van der Waals surface area contributed by atoms with E-state index in [4.69, 9.17) is 0 Å². The Labute approximate surface area is 102 Å². The lowest BCUT2D eigenvalue weighted by Gasteiger charge is -2.31. The predicted molar refractivity (Wildman–Crippen MR) is 71.8 cm³/mol. The lowest BCUT2D eigenvalue weighted by molar-refractivity contribution is 0.175. The molecule has 0 radical (unpaired) electrons. The van der Waals surface area contributed by atoms with Gasteiger partial charge in [-0.3, -0.25) is 0 Å². The highest BCUT2D eigenvalue weighted by molar-refractivity contribution is 4.79. The van der Waals surface area contributed by atoms with Gasteiger partial charge in [0.1, 0.15) is 0 Å². The van der Waals surface area contributed by atoms with Crippen LogP contribution in [0.15, 0.2) is 0 Å². The van der Waals surface area contributed by atoms with E-state index in [-0.39, 0.29) is 0 Å². The van der Waals surface area contributed by atoms with Gasteiger partial charge < -0.3 is 10.2 Å². The van der Waals surface area contributed by atoms with Gasteiger partial charge in [0, 0.05) is 19.1 Å². The van der Waals surface area contributed by atoms with E-state index in [1.54, 1.807) is 0 Å². The summed E-state index contributed by atoms with van der Waals surface area (Å²) in [5, 5.41) is 3.61. The molecule has 2 nitrogen and oxygen atoms in total. The highest BCUT2D eigenvalue weighted by Crippen LogP contribution is 2.17. The summed E-state index contributed by atoms with van der Waals surface area (Å²) in [7, 11) is 0. The maximum absolute atomic E-state index is 3.61. The standard InChI is InChI=1S/C14H30N2/c1-5-6-10-16(12-14(2,3)4)11-13-8-7-9-15-13/h13,15H,5-12H2,1-4H3. The number of rotatable bonds is 6. The van der Waals surface area contributed by atoms with E-state index in [9.17, 15) is 0 Å². The summed E-state index contributed by atoms with van der Waals surface area (Å²) in [6, 6.07) is 0.749. The summed E-state index contributed by atoms with van der Waals surface area (Å²) in [6.07, 6.45) is 5.37. The second-order valence-corrected chi connectivity index (χ2v) is 6.44. The molecular weight excluding hydrogens is 196 g/mol. The van der Waals surface area contributed by atoms with E-state index in [1.807, 2.05) is 0 Å². The lowest BCUT2D eigenvalue weighted by atomic mass is 9.95. The molecule has 0 aromatic heterocycles. The lowest BCUT2D eigenvalue weighted by Crippen LogP contribution is -2.41. The van der Waals surface area contributed by atoms with Gasteiger partial charge in [0.2, 0.25) is 0 Å². The van der Waals surface area contributed by atoms with Crippen LogP contribution in [0.5, 0.6) is 0 Å². The first-order chi connectivity index (χ1) is 7.51. The molecule has 1 atom stereocenters. The van der Waals surface area contributed by atoms with E-state index in [1.165, 1.54) is 51.9 Å². The van der Waals surface area contributed by atoms with Crippen LogP contribution in [0.3, 0.4) is 0 Å². The number of hydrogen-bond donors (Lipinski definition) is 1. The minimum Gasteiger partial charge on any atom is -0.313 e. The monoisotopic (exact) mass is 226 g/mol. The average Bonchev–Trinajstić information content (AvgIpc) is 2.64. The molecule has 1 unspecified atom stereocenters. The Morgan fingerprint density at radius 3 is 2.56 bits per heavy atom. The fourth-order valence-electron chi connectivity index (χ4n) is 2.51. The summed E-state index contributed by atoms with van der Waals surface area (Å²) in [5.41, 5.74) is 0.423. The minimum atomic E-state index is 0.423. The quantitative estimate of drug-likeness (QED) is 0.749. The second-order valence-electron chi connectivity index (χ2n) is 6.44. The van der Waals surface area contributed by atoms with Crippen LogP contribution in [0.2, 0.25) is 0 Å². The number of unbranched alkanes of at least 4 members (excludes halogenated alkanes) is 1. The maximum atomic E-state index is 3.61. The van der Waals surface area contributed by atoms with Crippen molar-refractivity contribution in [2.45, 2.75) is 59.4 Å². The third kappa shape index (κ3) is 5.86. The first-order valence-electron chi connectivity index (χ1n) is 6.97. The average molecular weight is 226 g/mol. The first-order valence-corrected chi connectivity index (χ1v) is 6.97. The van der Waals surface area contributed by atoms with Gasteiger partial charge in [-0.2, -0.15) is 0 Å². The van der Waals surface area contributed by atoms with Crippen LogP contribution in [-0.4, -0.2) is 37.1 Å². The van der Waals surface area contributed by atoms with Crippen molar-refractivity contribution in [1.82, 2.24) is 10.2 Å². The van der Waals surface area contributed by atoms with Crippen LogP contribution >= 0.6 is 0 Å². The molecule has 96 valence electrons. The van der Waals surface area contributed by atoms with Gasteiger partial charge in [-0.1, -0.05) is 34.1 Å². The Morgan fingerprint density at radius 1 is 1.31 bits per heavy atom. The Morgan fingerprint density at radius 2 is 2.06 bits per heavy atom. The molecule has 0 aliphatic carbocycles. The van der Waals surface area contributed by atoms with Crippen LogP contribution in [0, 0.1) is 5.41 Å². The second kappa shape index (κ2) is 6.61.